The molecule has 2 aromatic carbocycles. The van der Waals surface area contributed by atoms with Crippen LogP contribution in [-0.4, -0.2) is 20.1 Å². The van der Waals surface area contributed by atoms with E-state index in [9.17, 15) is 4.79 Å². The van der Waals surface area contributed by atoms with Gasteiger partial charge in [0.2, 0.25) is 0 Å². The first-order valence-electron chi connectivity index (χ1n) is 6.38. The number of carbonyl (C=O) groups is 1. The van der Waals surface area contributed by atoms with Crippen molar-refractivity contribution in [1.82, 2.24) is 5.32 Å². The number of halogens is 1. The quantitative estimate of drug-likeness (QED) is 0.899. The minimum atomic E-state index is -0.157. The number of hydrogen-bond acceptors (Lipinski definition) is 3. The Balaban J connectivity index is 2.06. The molecule has 1 N–H and O–H groups in total. The molecule has 0 saturated carbocycles. The molecule has 5 heteroatoms. The van der Waals surface area contributed by atoms with Crippen LogP contribution in [-0.2, 0) is 6.54 Å². The second-order valence-corrected chi connectivity index (χ2v) is 5.30. The molecule has 0 aliphatic carbocycles. The van der Waals surface area contributed by atoms with Crippen molar-refractivity contribution in [3.05, 3.63) is 58.1 Å². The number of nitrogens with one attached hydrogen (secondary N) is 1. The van der Waals surface area contributed by atoms with E-state index in [2.05, 4.69) is 21.2 Å². The van der Waals surface area contributed by atoms with Crippen molar-refractivity contribution in [1.29, 1.82) is 0 Å². The number of rotatable bonds is 5. The van der Waals surface area contributed by atoms with E-state index in [-0.39, 0.29) is 5.91 Å². The SMILES string of the molecule is COc1ccc(C(=O)NCc2cccc(Br)c2)cc1OC. The molecule has 0 aliphatic heterocycles. The fourth-order valence-corrected chi connectivity index (χ4v) is 2.36. The molecule has 0 aliphatic rings. The Bertz CT molecular complexity index is 643. The zero-order valence-corrected chi connectivity index (χ0v) is 13.4. The van der Waals surface area contributed by atoms with Crippen LogP contribution in [0.15, 0.2) is 46.9 Å². The number of methoxy groups -OCH3 is 2. The molecular formula is C16H16BrNO3. The molecule has 0 heterocycles. The lowest BCUT2D eigenvalue weighted by atomic mass is 10.1. The number of amides is 1. The zero-order chi connectivity index (χ0) is 15.2. The van der Waals surface area contributed by atoms with Crippen LogP contribution >= 0.6 is 15.9 Å². The monoisotopic (exact) mass is 349 g/mol. The molecule has 2 aromatic rings. The lowest BCUT2D eigenvalue weighted by molar-refractivity contribution is 0.0950. The Hall–Kier alpha value is -2.01. The van der Waals surface area contributed by atoms with Crippen molar-refractivity contribution < 1.29 is 14.3 Å². The highest BCUT2D eigenvalue weighted by atomic mass is 79.9. The van der Waals surface area contributed by atoms with Crippen molar-refractivity contribution in [2.24, 2.45) is 0 Å². The van der Waals surface area contributed by atoms with Crippen LogP contribution in [0.5, 0.6) is 11.5 Å². The molecule has 0 radical (unpaired) electrons. The van der Waals surface area contributed by atoms with Gasteiger partial charge in [0.1, 0.15) is 0 Å². The van der Waals surface area contributed by atoms with Crippen molar-refractivity contribution in [3.63, 3.8) is 0 Å². The molecule has 0 fully saturated rings. The topological polar surface area (TPSA) is 47.6 Å². The first-order valence-corrected chi connectivity index (χ1v) is 7.18. The van der Waals surface area contributed by atoms with Crippen LogP contribution in [0.4, 0.5) is 0 Å². The fraction of sp³-hybridized carbons (Fsp3) is 0.188. The molecule has 21 heavy (non-hydrogen) atoms. The summed E-state index contributed by atoms with van der Waals surface area (Å²) < 4.78 is 11.3. The van der Waals surface area contributed by atoms with Crippen molar-refractivity contribution >= 4 is 21.8 Å². The van der Waals surface area contributed by atoms with Crippen molar-refractivity contribution in [2.75, 3.05) is 14.2 Å². The van der Waals surface area contributed by atoms with Gasteiger partial charge in [0.05, 0.1) is 14.2 Å². The van der Waals surface area contributed by atoms with Gasteiger partial charge < -0.3 is 14.8 Å². The van der Waals surface area contributed by atoms with Crippen LogP contribution in [0.3, 0.4) is 0 Å². The van der Waals surface area contributed by atoms with Gasteiger partial charge in [0.15, 0.2) is 11.5 Å². The Morgan fingerprint density at radius 1 is 1.10 bits per heavy atom. The molecule has 0 atom stereocenters. The first-order chi connectivity index (χ1) is 10.1. The van der Waals surface area contributed by atoms with Crippen LogP contribution in [0.25, 0.3) is 0 Å². The molecule has 110 valence electrons. The molecule has 0 spiro atoms. The molecule has 0 aromatic heterocycles. The Kier molecular flexibility index (Phi) is 5.22. The third-order valence-corrected chi connectivity index (χ3v) is 3.48. The maximum atomic E-state index is 12.2. The van der Waals surface area contributed by atoms with Gasteiger partial charge in [0.25, 0.3) is 5.91 Å². The second-order valence-electron chi connectivity index (χ2n) is 4.38. The Labute approximate surface area is 132 Å². The standard InChI is InChI=1S/C16H16BrNO3/c1-20-14-7-6-12(9-15(14)21-2)16(19)18-10-11-4-3-5-13(17)8-11/h3-9H,10H2,1-2H3,(H,18,19). The molecule has 0 bridgehead atoms. The normalized spacial score (nSPS) is 10.0. The Morgan fingerprint density at radius 3 is 2.52 bits per heavy atom. The number of carbonyl (C=O) groups excluding carboxylic acids is 1. The summed E-state index contributed by atoms with van der Waals surface area (Å²) in [7, 11) is 3.10. The van der Waals surface area contributed by atoms with E-state index in [0.717, 1.165) is 10.0 Å². The molecule has 0 unspecified atom stereocenters. The highest BCUT2D eigenvalue weighted by Gasteiger charge is 2.10. The second kappa shape index (κ2) is 7.13. The van der Waals surface area contributed by atoms with Crippen LogP contribution < -0.4 is 14.8 Å². The van der Waals surface area contributed by atoms with Crippen LogP contribution in [0.2, 0.25) is 0 Å². The molecule has 1 amide bonds. The maximum Gasteiger partial charge on any atom is 0.251 e. The number of benzene rings is 2. The Morgan fingerprint density at radius 2 is 1.86 bits per heavy atom. The van der Waals surface area contributed by atoms with E-state index >= 15 is 0 Å². The summed E-state index contributed by atoms with van der Waals surface area (Å²) in [6.45, 7) is 0.465. The molecule has 4 nitrogen and oxygen atoms in total. The van der Waals surface area contributed by atoms with E-state index in [1.165, 1.54) is 0 Å². The van der Waals surface area contributed by atoms with E-state index < -0.39 is 0 Å². The van der Waals surface area contributed by atoms with Gasteiger partial charge in [-0.3, -0.25) is 4.79 Å². The maximum absolute atomic E-state index is 12.2. The molecule has 2 rings (SSSR count). The minimum Gasteiger partial charge on any atom is -0.493 e. The minimum absolute atomic E-state index is 0.157. The van der Waals surface area contributed by atoms with Crippen LogP contribution in [0.1, 0.15) is 15.9 Å². The third kappa shape index (κ3) is 3.98. The summed E-state index contributed by atoms with van der Waals surface area (Å²) >= 11 is 3.41. The molecule has 0 saturated heterocycles. The molecular weight excluding hydrogens is 334 g/mol. The van der Waals surface area contributed by atoms with E-state index in [1.54, 1.807) is 32.4 Å². The van der Waals surface area contributed by atoms with Gasteiger partial charge in [0, 0.05) is 16.6 Å². The predicted molar refractivity (Wildman–Crippen MR) is 84.9 cm³/mol. The zero-order valence-electron chi connectivity index (χ0n) is 11.9. The van der Waals surface area contributed by atoms with E-state index in [0.29, 0.717) is 23.6 Å². The highest BCUT2D eigenvalue weighted by molar-refractivity contribution is 9.10. The van der Waals surface area contributed by atoms with Crippen molar-refractivity contribution in [2.45, 2.75) is 6.54 Å². The van der Waals surface area contributed by atoms with Gasteiger partial charge in [-0.25, -0.2) is 0 Å². The van der Waals surface area contributed by atoms with Crippen molar-refractivity contribution in [3.8, 4) is 11.5 Å². The third-order valence-electron chi connectivity index (χ3n) is 2.99. The summed E-state index contributed by atoms with van der Waals surface area (Å²) in [6, 6.07) is 12.9. The average Bonchev–Trinajstić information content (AvgIpc) is 2.52. The largest absolute Gasteiger partial charge is 0.493 e. The summed E-state index contributed by atoms with van der Waals surface area (Å²) in [5.74, 6) is 0.976. The van der Waals surface area contributed by atoms with Gasteiger partial charge >= 0.3 is 0 Å². The number of hydrogen-bond donors (Lipinski definition) is 1. The predicted octanol–water partition coefficient (Wildman–Crippen LogP) is 3.40. The van der Waals surface area contributed by atoms with Gasteiger partial charge in [-0.1, -0.05) is 28.1 Å². The summed E-state index contributed by atoms with van der Waals surface area (Å²) in [5, 5.41) is 2.88. The van der Waals surface area contributed by atoms with Crippen LogP contribution in [0, 0.1) is 0 Å². The van der Waals surface area contributed by atoms with Gasteiger partial charge in [-0.05, 0) is 35.9 Å². The van der Waals surface area contributed by atoms with E-state index in [1.807, 2.05) is 24.3 Å². The summed E-state index contributed by atoms with van der Waals surface area (Å²) in [5.41, 5.74) is 1.56. The van der Waals surface area contributed by atoms with Gasteiger partial charge in [-0.15, -0.1) is 0 Å². The fourth-order valence-electron chi connectivity index (χ4n) is 1.91. The first kappa shape index (κ1) is 15.4. The lowest BCUT2D eigenvalue weighted by Crippen LogP contribution is -2.22. The summed E-state index contributed by atoms with van der Waals surface area (Å²) in [4.78, 5) is 12.2. The number of ether oxygens (including phenoxy) is 2. The average molecular weight is 350 g/mol. The lowest BCUT2D eigenvalue weighted by Gasteiger charge is -2.10. The smallest absolute Gasteiger partial charge is 0.251 e. The van der Waals surface area contributed by atoms with Gasteiger partial charge in [-0.2, -0.15) is 0 Å². The summed E-state index contributed by atoms with van der Waals surface area (Å²) in [6.07, 6.45) is 0. The highest BCUT2D eigenvalue weighted by Crippen LogP contribution is 2.27. The van der Waals surface area contributed by atoms with E-state index in [4.69, 9.17) is 9.47 Å².